The molecule has 0 saturated carbocycles. The highest BCUT2D eigenvalue weighted by Gasteiger charge is 2.35. The fourth-order valence-corrected chi connectivity index (χ4v) is 2.12. The molecule has 0 radical (unpaired) electrons. The molecule has 0 aromatic heterocycles. The minimum absolute atomic E-state index is 0.195. The van der Waals surface area contributed by atoms with Gasteiger partial charge in [-0.25, -0.2) is 4.39 Å². The molecule has 4 nitrogen and oxygen atoms in total. The van der Waals surface area contributed by atoms with Gasteiger partial charge >= 0.3 is 0 Å². The van der Waals surface area contributed by atoms with E-state index in [2.05, 4.69) is 5.32 Å². The quantitative estimate of drug-likeness (QED) is 0.889. The molecule has 0 aliphatic heterocycles. The third-order valence-corrected chi connectivity index (χ3v) is 3.37. The zero-order valence-corrected chi connectivity index (χ0v) is 11.9. The van der Waals surface area contributed by atoms with Crippen LogP contribution in [0.1, 0.15) is 12.5 Å². The van der Waals surface area contributed by atoms with Crippen LogP contribution < -0.4 is 15.8 Å². The van der Waals surface area contributed by atoms with Gasteiger partial charge in [0.25, 0.3) is 0 Å². The molecule has 21 heavy (non-hydrogen) atoms. The number of carbonyl (C=O) groups is 1. The van der Waals surface area contributed by atoms with Crippen LogP contribution in [-0.4, -0.2) is 13.0 Å². The lowest BCUT2D eigenvalue weighted by molar-refractivity contribution is -0.122. The Kier molecular flexibility index (Phi) is 4.12. The van der Waals surface area contributed by atoms with Gasteiger partial charge in [-0.1, -0.05) is 24.3 Å². The fourth-order valence-electron chi connectivity index (χ4n) is 2.12. The predicted octanol–water partition coefficient (Wildman–Crippen LogP) is 2.65. The van der Waals surface area contributed by atoms with Gasteiger partial charge in [-0.15, -0.1) is 0 Å². The van der Waals surface area contributed by atoms with Crippen LogP contribution in [0.2, 0.25) is 0 Å². The molecular formula is C16H17FN2O2. The number of benzene rings is 2. The molecule has 3 N–H and O–H groups in total. The number of anilines is 1. The fraction of sp³-hybridized carbons (Fsp3) is 0.188. The summed E-state index contributed by atoms with van der Waals surface area (Å²) >= 11 is 0. The minimum Gasteiger partial charge on any atom is -0.497 e. The second-order valence-corrected chi connectivity index (χ2v) is 4.83. The van der Waals surface area contributed by atoms with Gasteiger partial charge in [0, 0.05) is 17.3 Å². The van der Waals surface area contributed by atoms with E-state index in [-0.39, 0.29) is 5.56 Å². The summed E-state index contributed by atoms with van der Waals surface area (Å²) in [5, 5.41) is 2.99. The van der Waals surface area contributed by atoms with Gasteiger partial charge in [0.15, 0.2) is 0 Å². The Labute approximate surface area is 122 Å². The van der Waals surface area contributed by atoms with Crippen molar-refractivity contribution in [2.45, 2.75) is 12.5 Å². The van der Waals surface area contributed by atoms with Crippen molar-refractivity contribution in [3.05, 3.63) is 59.9 Å². The van der Waals surface area contributed by atoms with E-state index in [4.69, 9.17) is 10.5 Å². The standard InChI is InChI=1S/C16H17FN2O2/c1-16(15(18)20,13-8-3-4-9-14(13)17)19-11-6-5-7-12(10-11)21-2/h3-10,19H,1-2H3,(H2,18,20). The maximum absolute atomic E-state index is 14.0. The number of halogens is 1. The van der Waals surface area contributed by atoms with Crippen LogP contribution in [0.5, 0.6) is 5.75 Å². The Morgan fingerprint density at radius 1 is 1.24 bits per heavy atom. The highest BCUT2D eigenvalue weighted by molar-refractivity contribution is 5.89. The SMILES string of the molecule is COc1cccc(NC(C)(C(N)=O)c2ccccc2F)c1. The molecule has 0 aliphatic carbocycles. The third-order valence-electron chi connectivity index (χ3n) is 3.37. The molecule has 110 valence electrons. The summed E-state index contributed by atoms with van der Waals surface area (Å²) in [5.74, 6) is -0.537. The molecular weight excluding hydrogens is 271 g/mol. The number of hydrogen-bond donors (Lipinski definition) is 2. The van der Waals surface area contributed by atoms with Gasteiger partial charge in [-0.3, -0.25) is 4.79 Å². The van der Waals surface area contributed by atoms with Gasteiger partial charge in [0.1, 0.15) is 17.1 Å². The third kappa shape index (κ3) is 2.97. The Morgan fingerprint density at radius 2 is 1.95 bits per heavy atom. The molecule has 2 aromatic rings. The van der Waals surface area contributed by atoms with E-state index < -0.39 is 17.3 Å². The summed E-state index contributed by atoms with van der Waals surface area (Å²) in [6, 6.07) is 13.1. The number of nitrogens with one attached hydrogen (secondary N) is 1. The van der Waals surface area contributed by atoms with Crippen molar-refractivity contribution < 1.29 is 13.9 Å². The topological polar surface area (TPSA) is 64.3 Å². The molecule has 0 spiro atoms. The second-order valence-electron chi connectivity index (χ2n) is 4.83. The summed E-state index contributed by atoms with van der Waals surface area (Å²) in [7, 11) is 1.54. The number of rotatable bonds is 5. The van der Waals surface area contributed by atoms with Crippen LogP contribution >= 0.6 is 0 Å². The number of amides is 1. The van der Waals surface area contributed by atoms with Gasteiger partial charge in [-0.2, -0.15) is 0 Å². The summed E-state index contributed by atoms with van der Waals surface area (Å²) in [4.78, 5) is 11.9. The van der Waals surface area contributed by atoms with Crippen LogP contribution in [0.15, 0.2) is 48.5 Å². The summed E-state index contributed by atoms with van der Waals surface area (Å²) < 4.78 is 19.1. The van der Waals surface area contributed by atoms with Gasteiger partial charge in [0.05, 0.1) is 7.11 Å². The van der Waals surface area contributed by atoms with E-state index in [9.17, 15) is 9.18 Å². The van der Waals surface area contributed by atoms with Crippen molar-refractivity contribution in [2.75, 3.05) is 12.4 Å². The van der Waals surface area contributed by atoms with Crippen molar-refractivity contribution in [3.63, 3.8) is 0 Å². The van der Waals surface area contributed by atoms with Crippen LogP contribution in [0, 0.1) is 5.82 Å². The van der Waals surface area contributed by atoms with E-state index in [0.29, 0.717) is 11.4 Å². The summed E-state index contributed by atoms with van der Waals surface area (Å²) in [5.41, 5.74) is 4.93. The van der Waals surface area contributed by atoms with E-state index >= 15 is 0 Å². The normalized spacial score (nSPS) is 13.3. The van der Waals surface area contributed by atoms with E-state index in [1.165, 1.54) is 12.1 Å². The van der Waals surface area contributed by atoms with Crippen LogP contribution in [0.4, 0.5) is 10.1 Å². The average Bonchev–Trinajstić information content (AvgIpc) is 2.47. The number of carbonyl (C=O) groups excluding carboxylic acids is 1. The smallest absolute Gasteiger partial charge is 0.247 e. The highest BCUT2D eigenvalue weighted by atomic mass is 19.1. The Bertz CT molecular complexity index is 660. The molecule has 0 bridgehead atoms. The van der Waals surface area contributed by atoms with Crippen molar-refractivity contribution in [1.82, 2.24) is 0 Å². The van der Waals surface area contributed by atoms with Crippen molar-refractivity contribution in [3.8, 4) is 5.75 Å². The first-order valence-electron chi connectivity index (χ1n) is 6.44. The molecule has 1 unspecified atom stereocenters. The molecule has 5 heteroatoms. The second kappa shape index (κ2) is 5.83. The zero-order valence-electron chi connectivity index (χ0n) is 11.9. The first-order chi connectivity index (χ1) is 9.97. The van der Waals surface area contributed by atoms with Gasteiger partial charge < -0.3 is 15.8 Å². The van der Waals surface area contributed by atoms with Crippen molar-refractivity contribution in [2.24, 2.45) is 5.73 Å². The van der Waals surface area contributed by atoms with E-state index in [0.717, 1.165) is 0 Å². The van der Waals surface area contributed by atoms with Gasteiger partial charge in [0.2, 0.25) is 5.91 Å². The summed E-state index contributed by atoms with van der Waals surface area (Å²) in [6.07, 6.45) is 0. The number of primary amides is 1. The Morgan fingerprint density at radius 3 is 2.57 bits per heavy atom. The Balaban J connectivity index is 2.44. The zero-order chi connectivity index (χ0) is 15.5. The monoisotopic (exact) mass is 288 g/mol. The minimum atomic E-state index is -1.36. The lowest BCUT2D eigenvalue weighted by atomic mass is 9.90. The lowest BCUT2D eigenvalue weighted by Gasteiger charge is -2.29. The highest BCUT2D eigenvalue weighted by Crippen LogP contribution is 2.29. The average molecular weight is 288 g/mol. The van der Waals surface area contributed by atoms with E-state index in [1.54, 1.807) is 50.4 Å². The molecule has 1 amide bonds. The number of methoxy groups -OCH3 is 1. The number of nitrogens with two attached hydrogens (primary N) is 1. The largest absolute Gasteiger partial charge is 0.497 e. The van der Waals surface area contributed by atoms with Crippen LogP contribution in [-0.2, 0) is 10.3 Å². The maximum atomic E-state index is 14.0. The molecule has 0 saturated heterocycles. The molecule has 2 aromatic carbocycles. The lowest BCUT2D eigenvalue weighted by Crippen LogP contribution is -2.45. The molecule has 0 fully saturated rings. The first-order valence-corrected chi connectivity index (χ1v) is 6.44. The number of ether oxygens (including phenoxy) is 1. The molecule has 1 atom stereocenters. The molecule has 2 rings (SSSR count). The molecule has 0 aliphatic rings. The van der Waals surface area contributed by atoms with Crippen LogP contribution in [0.3, 0.4) is 0 Å². The maximum Gasteiger partial charge on any atom is 0.247 e. The Hall–Kier alpha value is -2.56. The van der Waals surface area contributed by atoms with Crippen molar-refractivity contribution >= 4 is 11.6 Å². The predicted molar refractivity (Wildman–Crippen MR) is 79.6 cm³/mol. The number of hydrogen-bond acceptors (Lipinski definition) is 3. The first kappa shape index (κ1) is 14.8. The van der Waals surface area contributed by atoms with Gasteiger partial charge in [-0.05, 0) is 25.1 Å². The van der Waals surface area contributed by atoms with Crippen LogP contribution in [0.25, 0.3) is 0 Å². The molecule has 0 heterocycles. The summed E-state index contributed by atoms with van der Waals surface area (Å²) in [6.45, 7) is 1.55. The van der Waals surface area contributed by atoms with Crippen molar-refractivity contribution in [1.29, 1.82) is 0 Å². The van der Waals surface area contributed by atoms with E-state index in [1.807, 2.05) is 0 Å².